The molecule has 0 aliphatic heterocycles. The average molecular weight is 357 g/mol. The minimum atomic E-state index is -0.0222. The Balaban J connectivity index is 1.55. The summed E-state index contributed by atoms with van der Waals surface area (Å²) in [5.41, 5.74) is 2.70. The van der Waals surface area contributed by atoms with E-state index in [0.29, 0.717) is 16.8 Å². The highest BCUT2D eigenvalue weighted by Gasteiger charge is 2.18. The third kappa shape index (κ3) is 3.02. The van der Waals surface area contributed by atoms with Crippen molar-refractivity contribution in [3.05, 3.63) is 59.4 Å². The number of aromatic nitrogens is 4. The Labute approximate surface area is 147 Å². The Bertz CT molecular complexity index is 983. The van der Waals surface area contributed by atoms with E-state index in [2.05, 4.69) is 20.2 Å². The first-order valence-electron chi connectivity index (χ1n) is 7.40. The van der Waals surface area contributed by atoms with E-state index < -0.39 is 0 Å². The molecular weight excluding hydrogens is 344 g/mol. The minimum absolute atomic E-state index is 0.0222. The molecule has 0 spiro atoms. The number of nitrogens with zero attached hydrogens (tertiary/aromatic N) is 3. The number of H-pyrrole nitrogens is 1. The van der Waals surface area contributed by atoms with Crippen molar-refractivity contribution >= 4 is 34.4 Å². The van der Waals surface area contributed by atoms with Crippen LogP contribution in [0.15, 0.2) is 58.1 Å². The third-order valence-electron chi connectivity index (χ3n) is 3.52. The molecule has 0 bridgehead atoms. The molecule has 1 N–H and O–H groups in total. The number of fused-ring (bicyclic) bond motifs is 1. The van der Waals surface area contributed by atoms with Crippen molar-refractivity contribution in [1.82, 2.24) is 20.2 Å². The van der Waals surface area contributed by atoms with E-state index >= 15 is 0 Å². The highest BCUT2D eigenvalue weighted by Crippen LogP contribution is 2.34. The lowest BCUT2D eigenvalue weighted by atomic mass is 10.2. The smallest absolute Gasteiger partial charge is 0.247 e. The summed E-state index contributed by atoms with van der Waals surface area (Å²) in [4.78, 5) is 7.80. The van der Waals surface area contributed by atoms with Gasteiger partial charge in [-0.15, -0.1) is 10.2 Å². The van der Waals surface area contributed by atoms with Crippen LogP contribution in [0.4, 0.5) is 0 Å². The maximum Gasteiger partial charge on any atom is 0.247 e. The van der Waals surface area contributed by atoms with Crippen molar-refractivity contribution in [2.24, 2.45) is 0 Å². The van der Waals surface area contributed by atoms with Gasteiger partial charge in [-0.3, -0.25) is 0 Å². The molecule has 0 saturated heterocycles. The maximum absolute atomic E-state index is 6.00. The third-order valence-corrected chi connectivity index (χ3v) is 4.73. The normalized spacial score (nSPS) is 12.6. The lowest BCUT2D eigenvalue weighted by Gasteiger charge is -2.02. The molecule has 0 radical (unpaired) electrons. The largest absolute Gasteiger partial charge is 0.419 e. The second kappa shape index (κ2) is 6.30. The van der Waals surface area contributed by atoms with E-state index in [9.17, 15) is 0 Å². The summed E-state index contributed by atoms with van der Waals surface area (Å²) in [6.45, 7) is 2.01. The monoisotopic (exact) mass is 356 g/mol. The standard InChI is InChI=1S/C17H13ClN4OS/c1-10(15-21-22-16(23-15)11-5-3-2-4-6-11)24-17-19-13-8-7-12(18)9-14(13)20-17/h2-10H,1H3,(H,19,20)/t10-/m1/s1. The summed E-state index contributed by atoms with van der Waals surface area (Å²) >= 11 is 7.53. The highest BCUT2D eigenvalue weighted by atomic mass is 35.5. The van der Waals surface area contributed by atoms with Crippen LogP contribution >= 0.6 is 23.4 Å². The van der Waals surface area contributed by atoms with Crippen LogP contribution in [0.2, 0.25) is 5.02 Å². The summed E-state index contributed by atoms with van der Waals surface area (Å²) < 4.78 is 5.79. The average Bonchev–Trinajstić information content (AvgIpc) is 3.22. The number of benzene rings is 2. The first-order valence-corrected chi connectivity index (χ1v) is 8.65. The SMILES string of the molecule is C[C@@H](Sc1nc2ccc(Cl)cc2[nH]1)c1nnc(-c2ccccc2)o1. The summed E-state index contributed by atoms with van der Waals surface area (Å²) in [7, 11) is 0. The van der Waals surface area contributed by atoms with Crippen molar-refractivity contribution < 1.29 is 4.42 Å². The van der Waals surface area contributed by atoms with Crippen LogP contribution in [-0.2, 0) is 0 Å². The van der Waals surface area contributed by atoms with E-state index in [-0.39, 0.29) is 5.25 Å². The molecule has 7 heteroatoms. The molecule has 0 fully saturated rings. The molecule has 4 aromatic rings. The molecule has 5 nitrogen and oxygen atoms in total. The predicted octanol–water partition coefficient (Wildman–Crippen LogP) is 5.12. The Morgan fingerprint density at radius 1 is 1.12 bits per heavy atom. The number of thioether (sulfide) groups is 1. The first-order chi connectivity index (χ1) is 11.7. The van der Waals surface area contributed by atoms with Crippen LogP contribution in [0.1, 0.15) is 18.1 Å². The molecule has 0 amide bonds. The van der Waals surface area contributed by atoms with E-state index in [1.165, 1.54) is 11.8 Å². The fraction of sp³-hybridized carbons (Fsp3) is 0.118. The van der Waals surface area contributed by atoms with Gasteiger partial charge in [-0.25, -0.2) is 4.98 Å². The van der Waals surface area contributed by atoms with Crippen molar-refractivity contribution in [2.75, 3.05) is 0 Å². The summed E-state index contributed by atoms with van der Waals surface area (Å²) in [5, 5.41) is 9.73. The first kappa shape index (κ1) is 15.2. The summed E-state index contributed by atoms with van der Waals surface area (Å²) in [6.07, 6.45) is 0. The Hall–Kier alpha value is -2.31. The van der Waals surface area contributed by atoms with Crippen molar-refractivity contribution in [3.8, 4) is 11.5 Å². The van der Waals surface area contributed by atoms with E-state index in [0.717, 1.165) is 21.8 Å². The number of aromatic amines is 1. The molecule has 2 heterocycles. The van der Waals surface area contributed by atoms with E-state index in [1.807, 2.05) is 55.5 Å². The number of imidazole rings is 1. The Kier molecular flexibility index (Phi) is 4.00. The number of hydrogen-bond acceptors (Lipinski definition) is 5. The van der Waals surface area contributed by atoms with Crippen LogP contribution in [0, 0.1) is 0 Å². The lowest BCUT2D eigenvalue weighted by molar-refractivity contribution is 0.509. The highest BCUT2D eigenvalue weighted by molar-refractivity contribution is 7.99. The van der Waals surface area contributed by atoms with Gasteiger partial charge in [-0.05, 0) is 37.3 Å². The Morgan fingerprint density at radius 2 is 1.96 bits per heavy atom. The van der Waals surface area contributed by atoms with Crippen LogP contribution < -0.4 is 0 Å². The molecule has 120 valence electrons. The van der Waals surface area contributed by atoms with Crippen molar-refractivity contribution in [1.29, 1.82) is 0 Å². The summed E-state index contributed by atoms with van der Waals surface area (Å²) in [5.74, 6) is 1.09. The van der Waals surface area contributed by atoms with Gasteiger partial charge in [-0.1, -0.05) is 41.6 Å². The van der Waals surface area contributed by atoms with Gasteiger partial charge < -0.3 is 9.40 Å². The maximum atomic E-state index is 6.00. The predicted molar refractivity (Wildman–Crippen MR) is 95.1 cm³/mol. The van der Waals surface area contributed by atoms with Crippen molar-refractivity contribution in [3.63, 3.8) is 0 Å². The quantitative estimate of drug-likeness (QED) is 0.514. The van der Waals surface area contributed by atoms with Crippen LogP contribution in [0.5, 0.6) is 0 Å². The fourth-order valence-electron chi connectivity index (χ4n) is 2.33. The number of hydrogen-bond donors (Lipinski definition) is 1. The molecule has 0 unspecified atom stereocenters. The molecule has 2 aromatic carbocycles. The van der Waals surface area contributed by atoms with Crippen LogP contribution in [-0.4, -0.2) is 20.2 Å². The number of rotatable bonds is 4. The van der Waals surface area contributed by atoms with Gasteiger partial charge in [0, 0.05) is 10.6 Å². The van der Waals surface area contributed by atoms with Crippen molar-refractivity contribution in [2.45, 2.75) is 17.3 Å². The zero-order valence-electron chi connectivity index (χ0n) is 12.7. The van der Waals surface area contributed by atoms with E-state index in [1.54, 1.807) is 0 Å². The Morgan fingerprint density at radius 3 is 2.79 bits per heavy atom. The van der Waals surface area contributed by atoms with Crippen LogP contribution in [0.25, 0.3) is 22.5 Å². The molecule has 2 aromatic heterocycles. The molecule has 0 aliphatic carbocycles. The molecule has 0 aliphatic rings. The fourth-order valence-corrected chi connectivity index (χ4v) is 3.35. The molecule has 0 saturated carbocycles. The van der Waals surface area contributed by atoms with Gasteiger partial charge in [0.05, 0.1) is 16.3 Å². The van der Waals surface area contributed by atoms with Gasteiger partial charge in [0.2, 0.25) is 11.8 Å². The molecular formula is C17H13ClN4OS. The van der Waals surface area contributed by atoms with Gasteiger partial charge in [0.1, 0.15) is 0 Å². The van der Waals surface area contributed by atoms with E-state index in [4.69, 9.17) is 16.0 Å². The molecule has 4 rings (SSSR count). The minimum Gasteiger partial charge on any atom is -0.419 e. The second-order valence-corrected chi connectivity index (χ2v) is 7.04. The molecule has 1 atom stereocenters. The lowest BCUT2D eigenvalue weighted by Crippen LogP contribution is -1.89. The topological polar surface area (TPSA) is 67.6 Å². The van der Waals surface area contributed by atoms with Gasteiger partial charge >= 0.3 is 0 Å². The van der Waals surface area contributed by atoms with Gasteiger partial charge in [0.25, 0.3) is 0 Å². The zero-order chi connectivity index (χ0) is 16.5. The molecule has 24 heavy (non-hydrogen) atoms. The summed E-state index contributed by atoms with van der Waals surface area (Å²) in [6, 6.07) is 15.3. The number of nitrogens with one attached hydrogen (secondary N) is 1. The zero-order valence-corrected chi connectivity index (χ0v) is 14.3. The van der Waals surface area contributed by atoms with Crippen LogP contribution in [0.3, 0.4) is 0 Å². The number of halogens is 1. The van der Waals surface area contributed by atoms with Gasteiger partial charge in [0.15, 0.2) is 5.16 Å². The second-order valence-electron chi connectivity index (χ2n) is 5.27. The van der Waals surface area contributed by atoms with Gasteiger partial charge in [-0.2, -0.15) is 0 Å².